The van der Waals surface area contributed by atoms with Crippen LogP contribution in [-0.2, 0) is 4.74 Å². The molecule has 4 N–H and O–H groups in total. The monoisotopic (exact) mass is 512 g/mol. The lowest BCUT2D eigenvalue weighted by atomic mass is 9.49. The number of nitrogen functional groups attached to an aromatic ring is 1. The Kier molecular flexibility index (Phi) is 4.90. The first-order valence-corrected chi connectivity index (χ1v) is 13.8. The van der Waals surface area contributed by atoms with Crippen LogP contribution in [0.3, 0.4) is 0 Å². The summed E-state index contributed by atoms with van der Waals surface area (Å²) < 4.78 is 7.27. The number of hydrogen-bond acceptors (Lipinski definition) is 7. The molecule has 2 aliphatic heterocycles. The summed E-state index contributed by atoms with van der Waals surface area (Å²) >= 11 is 0. The van der Waals surface area contributed by atoms with E-state index in [1.54, 1.807) is 6.20 Å². The fourth-order valence-electron chi connectivity index (χ4n) is 9.05. The molecule has 7 rings (SSSR count). The maximum absolute atomic E-state index is 11.3. The second kappa shape index (κ2) is 7.67. The van der Waals surface area contributed by atoms with Gasteiger partial charge in [-0.15, -0.1) is 0 Å². The Morgan fingerprint density at radius 3 is 2.74 bits per heavy atom. The van der Waals surface area contributed by atoms with Crippen molar-refractivity contribution in [3.8, 4) is 6.07 Å². The standard InChI is InChI=1S/C31H36N4O3/c1-28-9-10-29(17-32)15-22-25(36)26(37)23(35(2)3)16-30(22)11-12-31(29,38-30)24(28)7-6-21(28)19-5-4-18-8-13-34-27(33)20(18)14-19/h4-6,8,13-15,23-26,36-37H,7,9-12,16H2,1-3H3,(H2,33,34). The average Bonchev–Trinajstić information content (AvgIpc) is 3.43. The molecule has 1 saturated heterocycles. The first-order chi connectivity index (χ1) is 18.1. The molecule has 1 aromatic carbocycles. The van der Waals surface area contributed by atoms with Crippen molar-refractivity contribution in [1.29, 1.82) is 5.26 Å². The lowest BCUT2D eigenvalue weighted by Crippen LogP contribution is -2.66. The minimum absolute atomic E-state index is 0.138. The van der Waals surface area contributed by atoms with Gasteiger partial charge >= 0.3 is 0 Å². The number of aliphatic hydroxyl groups excluding tert-OH is 2. The van der Waals surface area contributed by atoms with Gasteiger partial charge in [-0.3, -0.25) is 0 Å². The van der Waals surface area contributed by atoms with Crippen molar-refractivity contribution in [3.63, 3.8) is 0 Å². The predicted molar refractivity (Wildman–Crippen MR) is 146 cm³/mol. The van der Waals surface area contributed by atoms with Gasteiger partial charge < -0.3 is 25.6 Å². The van der Waals surface area contributed by atoms with E-state index in [0.29, 0.717) is 18.7 Å². The van der Waals surface area contributed by atoms with Crippen molar-refractivity contribution >= 4 is 22.2 Å². The van der Waals surface area contributed by atoms with Gasteiger partial charge in [-0.05, 0) is 92.3 Å². The Hall–Kier alpha value is -2.76. The zero-order valence-corrected chi connectivity index (χ0v) is 22.3. The molecule has 2 saturated carbocycles. The molecule has 7 nitrogen and oxygen atoms in total. The fourth-order valence-corrected chi connectivity index (χ4v) is 9.05. The molecule has 3 heterocycles. The highest BCUT2D eigenvalue weighted by atomic mass is 16.5. The lowest BCUT2D eigenvalue weighted by Gasteiger charge is -2.61. The molecule has 7 heteroatoms. The third kappa shape index (κ3) is 2.79. The van der Waals surface area contributed by atoms with Crippen molar-refractivity contribution in [3.05, 3.63) is 53.8 Å². The molecule has 0 amide bonds. The van der Waals surface area contributed by atoms with E-state index in [-0.39, 0.29) is 17.4 Å². The molecule has 0 radical (unpaired) electrons. The smallest absolute Gasteiger partial charge is 0.131 e. The van der Waals surface area contributed by atoms with Gasteiger partial charge in [0, 0.05) is 23.5 Å². The molecule has 2 aromatic rings. The van der Waals surface area contributed by atoms with Crippen molar-refractivity contribution in [2.75, 3.05) is 19.8 Å². The number of nitrogens with zero attached hydrogens (tertiary/aromatic N) is 3. The summed E-state index contributed by atoms with van der Waals surface area (Å²) in [6.45, 7) is 2.35. The number of aromatic nitrogens is 1. The summed E-state index contributed by atoms with van der Waals surface area (Å²) in [5, 5.41) is 35.0. The van der Waals surface area contributed by atoms with Crippen molar-refractivity contribution < 1.29 is 14.9 Å². The molecule has 38 heavy (non-hydrogen) atoms. The molecule has 5 aliphatic rings. The molecule has 8 atom stereocenters. The largest absolute Gasteiger partial charge is 0.388 e. The van der Waals surface area contributed by atoms with Gasteiger partial charge in [0.05, 0.1) is 23.4 Å². The molecule has 8 unspecified atom stereocenters. The number of nitriles is 1. The highest BCUT2D eigenvalue weighted by molar-refractivity contribution is 5.93. The highest BCUT2D eigenvalue weighted by Gasteiger charge is 2.74. The minimum Gasteiger partial charge on any atom is -0.388 e. The first-order valence-electron chi connectivity index (χ1n) is 13.8. The van der Waals surface area contributed by atoms with Gasteiger partial charge in [0.1, 0.15) is 17.3 Å². The number of allylic oxidation sites excluding steroid dienone is 2. The van der Waals surface area contributed by atoms with E-state index in [4.69, 9.17) is 10.5 Å². The number of ether oxygens (including phenoxy) is 1. The van der Waals surface area contributed by atoms with Gasteiger partial charge in [0.25, 0.3) is 0 Å². The average molecular weight is 513 g/mol. The quantitative estimate of drug-likeness (QED) is 0.524. The molecule has 3 fully saturated rings. The molecule has 198 valence electrons. The summed E-state index contributed by atoms with van der Waals surface area (Å²) in [5.74, 6) is 0.675. The van der Waals surface area contributed by atoms with Gasteiger partial charge in [0.2, 0.25) is 0 Å². The van der Waals surface area contributed by atoms with Crippen LogP contribution in [0, 0.1) is 28.1 Å². The normalized spacial score (nSPS) is 43.2. The van der Waals surface area contributed by atoms with Crippen molar-refractivity contribution in [2.45, 2.75) is 74.9 Å². The van der Waals surface area contributed by atoms with E-state index in [2.05, 4.69) is 42.3 Å². The number of rotatable bonds is 2. The van der Waals surface area contributed by atoms with Crippen LogP contribution in [0.15, 0.2) is 48.2 Å². The number of nitrogens with two attached hydrogens (primary N) is 1. The minimum atomic E-state index is -1.03. The van der Waals surface area contributed by atoms with Crippen LogP contribution < -0.4 is 5.73 Å². The summed E-state index contributed by atoms with van der Waals surface area (Å²) in [4.78, 5) is 6.29. The Morgan fingerprint density at radius 2 is 1.97 bits per heavy atom. The predicted octanol–water partition coefficient (Wildman–Crippen LogP) is 3.81. The number of aliphatic hydroxyl groups is 2. The summed E-state index contributed by atoms with van der Waals surface area (Å²) in [6, 6.07) is 10.9. The van der Waals surface area contributed by atoms with Crippen LogP contribution in [0.4, 0.5) is 5.82 Å². The van der Waals surface area contributed by atoms with Gasteiger partial charge in [-0.2, -0.15) is 5.26 Å². The van der Waals surface area contributed by atoms with Crippen LogP contribution in [0.2, 0.25) is 0 Å². The Bertz CT molecular complexity index is 1460. The molecule has 2 spiro atoms. The van der Waals surface area contributed by atoms with E-state index in [0.717, 1.165) is 47.6 Å². The van der Waals surface area contributed by atoms with E-state index in [9.17, 15) is 15.5 Å². The third-order valence-electron chi connectivity index (χ3n) is 11.1. The van der Waals surface area contributed by atoms with E-state index < -0.39 is 28.8 Å². The van der Waals surface area contributed by atoms with E-state index >= 15 is 0 Å². The highest BCUT2D eigenvalue weighted by Crippen LogP contribution is 2.72. The Balaban J connectivity index is 1.33. The molecular weight excluding hydrogens is 476 g/mol. The van der Waals surface area contributed by atoms with Gasteiger partial charge in [-0.25, -0.2) is 4.98 Å². The van der Waals surface area contributed by atoms with Crippen LogP contribution in [-0.4, -0.2) is 63.6 Å². The zero-order valence-electron chi connectivity index (χ0n) is 22.3. The molecule has 2 bridgehead atoms. The fraction of sp³-hybridized carbons (Fsp3) is 0.548. The summed E-state index contributed by atoms with van der Waals surface area (Å²) in [5.41, 5.74) is 7.18. The molecular formula is C31H36N4O3. The van der Waals surface area contributed by atoms with E-state index in [1.165, 1.54) is 5.57 Å². The number of anilines is 1. The number of likely N-dealkylation sites (N-methyl/N-ethyl adjacent to an activating group) is 1. The number of hydrogen-bond donors (Lipinski definition) is 3. The number of pyridine rings is 1. The SMILES string of the molecule is CN(C)C1CC23CCC4(O2)C2CC=C(c5ccc6ccnc(N)c6c5)C2(C)CCC4(C#N)C=C3C(O)C1O. The zero-order chi connectivity index (χ0) is 26.7. The second-order valence-electron chi connectivity index (χ2n) is 12.8. The van der Waals surface area contributed by atoms with Crippen LogP contribution in [0.1, 0.15) is 51.0 Å². The topological polar surface area (TPSA) is 116 Å². The lowest BCUT2D eigenvalue weighted by molar-refractivity contribution is -0.223. The van der Waals surface area contributed by atoms with Crippen LogP contribution in [0.25, 0.3) is 16.3 Å². The number of benzene rings is 1. The third-order valence-corrected chi connectivity index (χ3v) is 11.1. The Labute approximate surface area is 223 Å². The van der Waals surface area contributed by atoms with Gasteiger partial charge in [-0.1, -0.05) is 31.2 Å². The van der Waals surface area contributed by atoms with Crippen molar-refractivity contribution in [1.82, 2.24) is 9.88 Å². The maximum Gasteiger partial charge on any atom is 0.131 e. The van der Waals surface area contributed by atoms with Gasteiger partial charge in [0.15, 0.2) is 0 Å². The summed E-state index contributed by atoms with van der Waals surface area (Å²) in [7, 11) is 3.88. The molecule has 3 aliphatic carbocycles. The Morgan fingerprint density at radius 1 is 1.16 bits per heavy atom. The number of fused-ring (bicyclic) bond motifs is 2. The van der Waals surface area contributed by atoms with Crippen LogP contribution >= 0.6 is 0 Å². The van der Waals surface area contributed by atoms with E-state index in [1.807, 2.05) is 31.1 Å². The first kappa shape index (κ1) is 24.3. The second-order valence-corrected chi connectivity index (χ2v) is 12.8. The summed E-state index contributed by atoms with van der Waals surface area (Å²) in [6.07, 6.45) is 8.72. The maximum atomic E-state index is 11.3. The molecule has 1 aromatic heterocycles. The van der Waals surface area contributed by atoms with Crippen LogP contribution in [0.5, 0.6) is 0 Å². The van der Waals surface area contributed by atoms with Crippen molar-refractivity contribution in [2.24, 2.45) is 16.7 Å².